The number of thiazole rings is 1. The largest absolute Gasteiger partial charge is 0.371 e. The van der Waals surface area contributed by atoms with E-state index < -0.39 is 0 Å². The highest BCUT2D eigenvalue weighted by molar-refractivity contribution is 7.22. The van der Waals surface area contributed by atoms with Gasteiger partial charge in [-0.25, -0.2) is 4.98 Å². The third kappa shape index (κ3) is 2.90. The van der Waals surface area contributed by atoms with Crippen molar-refractivity contribution >= 4 is 43.7 Å². The summed E-state index contributed by atoms with van der Waals surface area (Å²) in [5.74, 6) is 0. The number of anilines is 3. The maximum atomic E-state index is 10.9. The van der Waals surface area contributed by atoms with Crippen molar-refractivity contribution in [3.63, 3.8) is 0 Å². The van der Waals surface area contributed by atoms with Crippen molar-refractivity contribution in [1.82, 2.24) is 4.98 Å². The number of nitrogens with zero attached hydrogens (tertiary/aromatic N) is 3. The predicted molar refractivity (Wildman–Crippen MR) is 97.4 cm³/mol. The Balaban J connectivity index is 1.59. The number of nitro groups is 1. The first-order valence-electron chi connectivity index (χ1n) is 7.86. The number of hydrogen-bond donors (Lipinski definition) is 1. The van der Waals surface area contributed by atoms with E-state index in [1.54, 1.807) is 12.1 Å². The fourth-order valence-corrected chi connectivity index (χ4v) is 3.88. The first kappa shape index (κ1) is 14.9. The lowest BCUT2D eigenvalue weighted by molar-refractivity contribution is -0.384. The molecule has 3 aromatic rings. The van der Waals surface area contributed by atoms with Crippen LogP contribution in [-0.2, 0) is 0 Å². The van der Waals surface area contributed by atoms with Gasteiger partial charge in [-0.15, -0.1) is 0 Å². The molecule has 1 saturated heterocycles. The number of aromatic nitrogens is 1. The monoisotopic (exact) mass is 340 g/mol. The zero-order valence-electron chi connectivity index (χ0n) is 12.9. The van der Waals surface area contributed by atoms with Crippen molar-refractivity contribution in [3.8, 4) is 0 Å². The number of hydrogen-bond acceptors (Lipinski definition) is 6. The Morgan fingerprint density at radius 1 is 1.17 bits per heavy atom. The summed E-state index contributed by atoms with van der Waals surface area (Å²) in [5, 5.41) is 14.9. The van der Waals surface area contributed by atoms with Crippen LogP contribution in [0.3, 0.4) is 0 Å². The maximum Gasteiger partial charge on any atom is 0.270 e. The van der Waals surface area contributed by atoms with Crippen molar-refractivity contribution in [1.29, 1.82) is 0 Å². The second-order valence-electron chi connectivity index (χ2n) is 5.80. The summed E-state index contributed by atoms with van der Waals surface area (Å²) in [6.07, 6.45) is 2.49. The van der Waals surface area contributed by atoms with Gasteiger partial charge in [0.05, 0.1) is 15.1 Å². The van der Waals surface area contributed by atoms with Crippen LogP contribution in [0.25, 0.3) is 10.2 Å². The van der Waals surface area contributed by atoms with E-state index in [1.807, 2.05) is 12.1 Å². The van der Waals surface area contributed by atoms with Crippen LogP contribution >= 0.6 is 11.3 Å². The standard InChI is InChI=1S/C17H16N4O2S/c22-21(23)14-6-7-15-16(11-14)24-17(19-15)18-12-4-3-5-13(10-12)20-8-1-2-9-20/h3-7,10-11H,1-2,8-9H2,(H,18,19). The van der Waals surface area contributed by atoms with Crippen molar-refractivity contribution in [2.24, 2.45) is 0 Å². The molecule has 1 aromatic heterocycles. The van der Waals surface area contributed by atoms with Crippen LogP contribution < -0.4 is 10.2 Å². The van der Waals surface area contributed by atoms with Gasteiger partial charge >= 0.3 is 0 Å². The summed E-state index contributed by atoms with van der Waals surface area (Å²) < 4.78 is 0.808. The number of benzene rings is 2. The van der Waals surface area contributed by atoms with Gasteiger partial charge in [0.2, 0.25) is 0 Å². The molecule has 0 amide bonds. The maximum absolute atomic E-state index is 10.9. The van der Waals surface area contributed by atoms with Crippen LogP contribution in [0, 0.1) is 10.1 Å². The third-order valence-corrected chi connectivity index (χ3v) is 5.09. The molecule has 2 aromatic carbocycles. The van der Waals surface area contributed by atoms with E-state index in [9.17, 15) is 10.1 Å². The van der Waals surface area contributed by atoms with E-state index in [2.05, 4.69) is 27.3 Å². The third-order valence-electron chi connectivity index (χ3n) is 4.15. The minimum atomic E-state index is -0.383. The molecule has 1 aliphatic heterocycles. The molecule has 0 saturated carbocycles. The predicted octanol–water partition coefficient (Wildman–Crippen LogP) is 4.55. The van der Waals surface area contributed by atoms with Crippen LogP contribution in [0.5, 0.6) is 0 Å². The van der Waals surface area contributed by atoms with Crippen LogP contribution in [0.15, 0.2) is 42.5 Å². The SMILES string of the molecule is O=[N+]([O-])c1ccc2nc(Nc3cccc(N4CCCC4)c3)sc2c1. The Bertz CT molecular complexity index is 902. The van der Waals surface area contributed by atoms with Gasteiger partial charge in [0.15, 0.2) is 5.13 Å². The number of rotatable bonds is 4. The van der Waals surface area contributed by atoms with Gasteiger partial charge in [-0.05, 0) is 37.1 Å². The van der Waals surface area contributed by atoms with Crippen LogP contribution in [0.4, 0.5) is 22.2 Å². The number of nitro benzene ring substituents is 1. The van der Waals surface area contributed by atoms with Gasteiger partial charge in [-0.2, -0.15) is 0 Å². The van der Waals surface area contributed by atoms with Crippen LogP contribution in [0.2, 0.25) is 0 Å². The molecular formula is C17H16N4O2S. The molecule has 122 valence electrons. The molecular weight excluding hydrogens is 324 g/mol. The van der Waals surface area contributed by atoms with Gasteiger partial charge in [0.25, 0.3) is 5.69 Å². The summed E-state index contributed by atoms with van der Waals surface area (Å²) in [4.78, 5) is 17.4. The van der Waals surface area contributed by atoms with Crippen LogP contribution in [0.1, 0.15) is 12.8 Å². The molecule has 1 N–H and O–H groups in total. The van der Waals surface area contributed by atoms with Crippen LogP contribution in [-0.4, -0.2) is 23.0 Å². The Morgan fingerprint density at radius 3 is 2.79 bits per heavy atom. The Kier molecular flexibility index (Phi) is 3.78. The van der Waals surface area contributed by atoms with Gasteiger partial charge < -0.3 is 10.2 Å². The zero-order chi connectivity index (χ0) is 16.5. The lowest BCUT2D eigenvalue weighted by atomic mass is 10.2. The van der Waals surface area contributed by atoms with Gasteiger partial charge in [0.1, 0.15) is 0 Å². The van der Waals surface area contributed by atoms with E-state index in [-0.39, 0.29) is 10.6 Å². The van der Waals surface area contributed by atoms with Crippen molar-refractivity contribution in [3.05, 3.63) is 52.6 Å². The molecule has 0 unspecified atom stereocenters. The number of nitrogens with one attached hydrogen (secondary N) is 1. The zero-order valence-corrected chi connectivity index (χ0v) is 13.8. The van der Waals surface area contributed by atoms with Gasteiger partial charge in [-0.3, -0.25) is 10.1 Å². The summed E-state index contributed by atoms with van der Waals surface area (Å²) in [6.45, 7) is 2.21. The van der Waals surface area contributed by atoms with E-state index in [0.717, 1.165) is 34.1 Å². The van der Waals surface area contributed by atoms with E-state index in [1.165, 1.54) is 35.9 Å². The molecule has 0 spiro atoms. The smallest absolute Gasteiger partial charge is 0.270 e. The molecule has 24 heavy (non-hydrogen) atoms. The second-order valence-corrected chi connectivity index (χ2v) is 6.83. The van der Waals surface area contributed by atoms with Crippen molar-refractivity contribution in [2.45, 2.75) is 12.8 Å². The van der Waals surface area contributed by atoms with E-state index >= 15 is 0 Å². The summed E-state index contributed by atoms with van der Waals surface area (Å²) in [7, 11) is 0. The van der Waals surface area contributed by atoms with Gasteiger partial charge in [0, 0.05) is 36.6 Å². The molecule has 6 nitrogen and oxygen atoms in total. The molecule has 0 bridgehead atoms. The highest BCUT2D eigenvalue weighted by Gasteiger charge is 2.13. The van der Waals surface area contributed by atoms with Crippen molar-refractivity contribution in [2.75, 3.05) is 23.3 Å². The van der Waals surface area contributed by atoms with E-state index in [4.69, 9.17) is 0 Å². The Hall–Kier alpha value is -2.67. The highest BCUT2D eigenvalue weighted by atomic mass is 32.1. The lowest BCUT2D eigenvalue weighted by Crippen LogP contribution is -2.17. The Morgan fingerprint density at radius 2 is 2.00 bits per heavy atom. The average Bonchev–Trinajstić information content (AvgIpc) is 3.23. The summed E-state index contributed by atoms with van der Waals surface area (Å²) in [5.41, 5.74) is 3.06. The second kappa shape index (κ2) is 6.09. The number of non-ortho nitro benzene ring substituents is 1. The molecule has 1 fully saturated rings. The fraction of sp³-hybridized carbons (Fsp3) is 0.235. The number of fused-ring (bicyclic) bond motifs is 1. The highest BCUT2D eigenvalue weighted by Crippen LogP contribution is 2.32. The molecule has 0 aliphatic carbocycles. The molecule has 2 heterocycles. The van der Waals surface area contributed by atoms with Gasteiger partial charge in [-0.1, -0.05) is 17.4 Å². The van der Waals surface area contributed by atoms with E-state index in [0.29, 0.717) is 0 Å². The average molecular weight is 340 g/mol. The van der Waals surface area contributed by atoms with Crippen molar-refractivity contribution < 1.29 is 4.92 Å². The molecule has 4 rings (SSSR count). The first-order chi connectivity index (χ1) is 11.7. The summed E-state index contributed by atoms with van der Waals surface area (Å²) >= 11 is 1.42. The molecule has 7 heteroatoms. The molecule has 0 radical (unpaired) electrons. The Labute approximate surface area is 142 Å². The minimum Gasteiger partial charge on any atom is -0.371 e. The first-order valence-corrected chi connectivity index (χ1v) is 8.68. The topological polar surface area (TPSA) is 71.3 Å². The molecule has 1 aliphatic rings. The quantitative estimate of drug-likeness (QED) is 0.557. The lowest BCUT2D eigenvalue weighted by Gasteiger charge is -2.18. The molecule has 0 atom stereocenters. The minimum absolute atomic E-state index is 0.0914. The normalized spacial score (nSPS) is 14.2. The summed E-state index contributed by atoms with van der Waals surface area (Å²) in [6, 6.07) is 13.0. The fourth-order valence-electron chi connectivity index (χ4n) is 2.96.